The summed E-state index contributed by atoms with van der Waals surface area (Å²) in [6.45, 7) is 4.00. The van der Waals surface area contributed by atoms with Crippen molar-refractivity contribution in [1.82, 2.24) is 14.9 Å². The zero-order chi connectivity index (χ0) is 22.3. The number of rotatable bonds is 4. The van der Waals surface area contributed by atoms with E-state index < -0.39 is 11.7 Å². The molecule has 7 nitrogen and oxygen atoms in total. The minimum absolute atomic E-state index is 0.0591. The number of halogens is 2. The van der Waals surface area contributed by atoms with Gasteiger partial charge in [0.05, 0.1) is 34.4 Å². The number of nitrogens with zero attached hydrogens (tertiary/aromatic N) is 3. The lowest BCUT2D eigenvalue weighted by Crippen LogP contribution is -2.30. The van der Waals surface area contributed by atoms with Crippen LogP contribution in [0.4, 0.5) is 4.39 Å². The van der Waals surface area contributed by atoms with E-state index in [1.165, 1.54) is 18.2 Å². The van der Waals surface area contributed by atoms with Crippen LogP contribution in [0.15, 0.2) is 18.2 Å². The molecule has 1 aliphatic heterocycles. The molecule has 9 heteroatoms. The Balaban J connectivity index is 1.56. The van der Waals surface area contributed by atoms with E-state index in [0.717, 1.165) is 12.8 Å². The van der Waals surface area contributed by atoms with E-state index in [4.69, 9.17) is 27.5 Å². The van der Waals surface area contributed by atoms with E-state index in [2.05, 4.69) is 9.97 Å². The molecule has 4 rings (SSSR count). The SMILES string of the molecule is Cc1nc(C2CN(C(=O)c3ccc(F)cc3OC3CCC(N)C3)CC2=N)nc(C)c1Cl. The molecule has 1 saturated carbocycles. The number of hydrogen-bond acceptors (Lipinski definition) is 6. The molecule has 1 aliphatic carbocycles. The molecule has 1 amide bonds. The molecule has 3 N–H and O–H groups in total. The number of amides is 1. The van der Waals surface area contributed by atoms with Crippen molar-refractivity contribution in [2.45, 2.75) is 51.2 Å². The van der Waals surface area contributed by atoms with Crippen molar-refractivity contribution < 1.29 is 13.9 Å². The van der Waals surface area contributed by atoms with E-state index in [1.807, 2.05) is 0 Å². The van der Waals surface area contributed by atoms with Gasteiger partial charge in [-0.3, -0.25) is 4.79 Å². The molecule has 31 heavy (non-hydrogen) atoms. The van der Waals surface area contributed by atoms with Crippen LogP contribution in [0, 0.1) is 25.1 Å². The van der Waals surface area contributed by atoms with Crippen LogP contribution < -0.4 is 10.5 Å². The fraction of sp³-hybridized carbons (Fsp3) is 0.455. The van der Waals surface area contributed by atoms with Gasteiger partial charge in [-0.05, 0) is 45.2 Å². The minimum atomic E-state index is -0.471. The van der Waals surface area contributed by atoms with E-state index in [9.17, 15) is 9.18 Å². The summed E-state index contributed by atoms with van der Waals surface area (Å²) < 4.78 is 19.9. The largest absolute Gasteiger partial charge is 0.489 e. The third-order valence-electron chi connectivity index (χ3n) is 5.88. The standard InChI is InChI=1S/C22H25ClFN5O2/c1-11-20(23)12(2)28-21(27-11)17-9-29(10-18(17)26)22(30)16-6-3-13(24)7-19(16)31-15-5-4-14(25)8-15/h3,6-7,14-15,17,26H,4-5,8-10,25H2,1-2H3. The molecule has 0 spiro atoms. The summed E-state index contributed by atoms with van der Waals surface area (Å²) in [7, 11) is 0. The van der Waals surface area contributed by atoms with Gasteiger partial charge in [0.15, 0.2) is 0 Å². The third kappa shape index (κ3) is 4.41. The summed E-state index contributed by atoms with van der Waals surface area (Å²) in [6, 6.07) is 3.98. The molecular formula is C22H25ClFN5O2. The highest BCUT2D eigenvalue weighted by Crippen LogP contribution is 2.31. The second-order valence-electron chi connectivity index (χ2n) is 8.28. The Morgan fingerprint density at radius 3 is 2.65 bits per heavy atom. The van der Waals surface area contributed by atoms with Gasteiger partial charge in [-0.2, -0.15) is 0 Å². The minimum Gasteiger partial charge on any atom is -0.489 e. The first-order chi connectivity index (χ1) is 14.7. The Bertz CT molecular complexity index is 1020. The lowest BCUT2D eigenvalue weighted by Gasteiger charge is -2.20. The maximum atomic E-state index is 13.9. The van der Waals surface area contributed by atoms with Crippen LogP contribution in [0.2, 0.25) is 5.02 Å². The predicted molar refractivity (Wildman–Crippen MR) is 116 cm³/mol. The molecule has 2 heterocycles. The fourth-order valence-electron chi connectivity index (χ4n) is 4.19. The van der Waals surface area contributed by atoms with Gasteiger partial charge in [0.1, 0.15) is 23.5 Å². The molecule has 3 atom stereocenters. The van der Waals surface area contributed by atoms with Crippen LogP contribution in [0.25, 0.3) is 0 Å². The Morgan fingerprint density at radius 1 is 1.29 bits per heavy atom. The Labute approximate surface area is 185 Å². The number of nitrogens with two attached hydrogens (primary N) is 1. The fourth-order valence-corrected chi connectivity index (χ4v) is 4.27. The first-order valence-corrected chi connectivity index (χ1v) is 10.7. The van der Waals surface area contributed by atoms with Crippen molar-refractivity contribution >= 4 is 23.2 Å². The summed E-state index contributed by atoms with van der Waals surface area (Å²) >= 11 is 6.17. The average Bonchev–Trinajstić information content (AvgIpc) is 3.30. The molecule has 164 valence electrons. The summed E-state index contributed by atoms with van der Waals surface area (Å²) in [5.74, 6) is -0.492. The van der Waals surface area contributed by atoms with Gasteiger partial charge >= 0.3 is 0 Å². The molecule has 1 aromatic carbocycles. The number of nitrogens with one attached hydrogen (secondary N) is 1. The highest BCUT2D eigenvalue weighted by atomic mass is 35.5. The molecule has 2 aliphatic rings. The highest BCUT2D eigenvalue weighted by molar-refractivity contribution is 6.31. The lowest BCUT2D eigenvalue weighted by molar-refractivity contribution is 0.0787. The number of likely N-dealkylation sites (tertiary alicyclic amines) is 1. The van der Waals surface area contributed by atoms with E-state index in [-0.39, 0.29) is 42.5 Å². The number of carbonyl (C=O) groups is 1. The van der Waals surface area contributed by atoms with Crippen LogP contribution in [0.5, 0.6) is 5.75 Å². The quantitative estimate of drug-likeness (QED) is 0.750. The van der Waals surface area contributed by atoms with Gasteiger partial charge in [0.2, 0.25) is 0 Å². The van der Waals surface area contributed by atoms with Gasteiger partial charge in [-0.25, -0.2) is 14.4 Å². The van der Waals surface area contributed by atoms with Gasteiger partial charge in [0.25, 0.3) is 5.91 Å². The highest BCUT2D eigenvalue weighted by Gasteiger charge is 2.36. The maximum Gasteiger partial charge on any atom is 0.257 e. The summed E-state index contributed by atoms with van der Waals surface area (Å²) in [4.78, 5) is 23.7. The topological polar surface area (TPSA) is 105 Å². The van der Waals surface area contributed by atoms with Gasteiger partial charge in [-0.15, -0.1) is 0 Å². The van der Waals surface area contributed by atoms with Gasteiger partial charge in [0, 0.05) is 24.4 Å². The van der Waals surface area contributed by atoms with Crippen LogP contribution in [-0.2, 0) is 0 Å². The second-order valence-corrected chi connectivity index (χ2v) is 8.66. The van der Waals surface area contributed by atoms with Crippen molar-refractivity contribution in [2.75, 3.05) is 13.1 Å². The predicted octanol–water partition coefficient (Wildman–Crippen LogP) is 3.40. The Kier molecular flexibility index (Phi) is 5.94. The molecule has 3 unspecified atom stereocenters. The van der Waals surface area contributed by atoms with Crippen molar-refractivity contribution in [3.63, 3.8) is 0 Å². The van der Waals surface area contributed by atoms with Crippen LogP contribution in [0.3, 0.4) is 0 Å². The van der Waals surface area contributed by atoms with E-state index in [1.54, 1.807) is 18.7 Å². The van der Waals surface area contributed by atoms with Crippen molar-refractivity contribution in [1.29, 1.82) is 5.41 Å². The molecule has 2 aromatic rings. The number of benzene rings is 1. The van der Waals surface area contributed by atoms with Crippen molar-refractivity contribution in [2.24, 2.45) is 5.73 Å². The number of ether oxygens (including phenoxy) is 1. The van der Waals surface area contributed by atoms with Crippen molar-refractivity contribution in [3.8, 4) is 5.75 Å². The number of carbonyl (C=O) groups excluding carboxylic acids is 1. The second kappa shape index (κ2) is 8.51. The first kappa shape index (κ1) is 21.6. The van der Waals surface area contributed by atoms with E-state index >= 15 is 0 Å². The number of hydrogen-bond donors (Lipinski definition) is 2. The number of aryl methyl sites for hydroxylation is 2. The summed E-state index contributed by atoms with van der Waals surface area (Å²) in [6.07, 6.45) is 2.15. The Morgan fingerprint density at radius 2 is 2.00 bits per heavy atom. The van der Waals surface area contributed by atoms with Crippen LogP contribution in [-0.4, -0.2) is 51.7 Å². The molecule has 1 saturated heterocycles. The third-order valence-corrected chi connectivity index (χ3v) is 6.42. The monoisotopic (exact) mass is 445 g/mol. The summed E-state index contributed by atoms with van der Waals surface area (Å²) in [5, 5.41) is 8.90. The summed E-state index contributed by atoms with van der Waals surface area (Å²) in [5.41, 5.74) is 7.86. The molecule has 2 fully saturated rings. The van der Waals surface area contributed by atoms with Crippen LogP contribution in [0.1, 0.15) is 52.8 Å². The van der Waals surface area contributed by atoms with Gasteiger partial charge in [-0.1, -0.05) is 11.6 Å². The van der Waals surface area contributed by atoms with Gasteiger partial charge < -0.3 is 20.8 Å². The number of aromatic nitrogens is 2. The average molecular weight is 446 g/mol. The normalized spacial score (nSPS) is 23.5. The first-order valence-electron chi connectivity index (χ1n) is 10.3. The zero-order valence-electron chi connectivity index (χ0n) is 17.5. The van der Waals surface area contributed by atoms with E-state index in [0.29, 0.717) is 34.4 Å². The van der Waals surface area contributed by atoms with Crippen molar-refractivity contribution in [3.05, 3.63) is 51.8 Å². The molecule has 0 radical (unpaired) electrons. The molecular weight excluding hydrogens is 421 g/mol. The smallest absolute Gasteiger partial charge is 0.257 e. The Hall–Kier alpha value is -2.58. The molecule has 1 aromatic heterocycles. The van der Waals surface area contributed by atoms with Crippen LogP contribution >= 0.6 is 11.6 Å². The zero-order valence-corrected chi connectivity index (χ0v) is 18.2. The maximum absolute atomic E-state index is 13.9. The lowest BCUT2D eigenvalue weighted by atomic mass is 10.1. The molecule has 0 bridgehead atoms.